The maximum atomic E-state index is 5.95. The normalized spacial score (nSPS) is 12.5. The summed E-state index contributed by atoms with van der Waals surface area (Å²) in [6.07, 6.45) is 3.61. The summed E-state index contributed by atoms with van der Waals surface area (Å²) in [4.78, 5) is 0. The van der Waals surface area contributed by atoms with Crippen LogP contribution in [0.4, 0.5) is 0 Å². The molecule has 0 aliphatic rings. The predicted molar refractivity (Wildman–Crippen MR) is 62.8 cm³/mol. The molecule has 0 radical (unpaired) electrons. The van der Waals surface area contributed by atoms with Crippen LogP contribution < -0.4 is 5.73 Å². The molecule has 1 aromatic carbocycles. The Balaban J connectivity index is 2.78. The number of halogens is 2. The number of hydrogen-bond acceptors (Lipinski definition) is 1. The van der Waals surface area contributed by atoms with Crippen molar-refractivity contribution in [2.75, 3.05) is 0 Å². The van der Waals surface area contributed by atoms with E-state index in [1.165, 1.54) is 0 Å². The average Bonchev–Trinajstić information content (AvgIpc) is 2.12. The third-order valence-corrected chi connectivity index (χ3v) is 2.43. The monoisotopic (exact) mass is 229 g/mol. The molecule has 14 heavy (non-hydrogen) atoms. The molecule has 1 rings (SSSR count). The molecule has 0 heterocycles. The quantitative estimate of drug-likeness (QED) is 0.778. The van der Waals surface area contributed by atoms with E-state index in [4.69, 9.17) is 28.9 Å². The maximum absolute atomic E-state index is 5.95. The summed E-state index contributed by atoms with van der Waals surface area (Å²) in [5.41, 5.74) is 6.93. The molecule has 2 N–H and O–H groups in total. The molecule has 1 unspecified atom stereocenters. The van der Waals surface area contributed by atoms with E-state index >= 15 is 0 Å². The van der Waals surface area contributed by atoms with E-state index in [-0.39, 0.29) is 6.04 Å². The van der Waals surface area contributed by atoms with Gasteiger partial charge in [0.05, 0.1) is 0 Å². The topological polar surface area (TPSA) is 26.0 Å². The van der Waals surface area contributed by atoms with Crippen LogP contribution in [-0.4, -0.2) is 0 Å². The Morgan fingerprint density at radius 2 is 1.86 bits per heavy atom. The molecule has 0 aliphatic carbocycles. The van der Waals surface area contributed by atoms with E-state index in [9.17, 15) is 0 Å². The zero-order valence-electron chi connectivity index (χ0n) is 7.84. The molecule has 0 spiro atoms. The number of nitrogens with two attached hydrogens (primary N) is 1. The zero-order valence-corrected chi connectivity index (χ0v) is 9.35. The van der Waals surface area contributed by atoms with Crippen LogP contribution in [0, 0.1) is 0 Å². The molecular formula is C11H13Cl2N. The number of benzene rings is 1. The van der Waals surface area contributed by atoms with Gasteiger partial charge in [0.2, 0.25) is 0 Å². The van der Waals surface area contributed by atoms with Crippen molar-refractivity contribution in [2.45, 2.75) is 18.9 Å². The fraction of sp³-hybridized carbons (Fsp3) is 0.273. The summed E-state index contributed by atoms with van der Waals surface area (Å²) in [5.74, 6) is 0. The van der Waals surface area contributed by atoms with Gasteiger partial charge in [-0.1, -0.05) is 29.3 Å². The van der Waals surface area contributed by atoms with Crippen molar-refractivity contribution in [1.82, 2.24) is 0 Å². The van der Waals surface area contributed by atoms with Crippen molar-refractivity contribution in [2.24, 2.45) is 5.73 Å². The number of rotatable bonds is 4. The van der Waals surface area contributed by atoms with Gasteiger partial charge in [-0.05, 0) is 36.6 Å². The second kappa shape index (κ2) is 5.40. The molecule has 1 nitrogen and oxygen atoms in total. The second-order valence-corrected chi connectivity index (χ2v) is 4.05. The minimum absolute atomic E-state index is 0.0239. The van der Waals surface area contributed by atoms with Crippen molar-refractivity contribution >= 4 is 23.2 Å². The van der Waals surface area contributed by atoms with Crippen molar-refractivity contribution in [3.8, 4) is 0 Å². The third-order valence-electron chi connectivity index (χ3n) is 1.99. The first kappa shape index (κ1) is 11.6. The second-order valence-electron chi connectivity index (χ2n) is 3.18. The minimum Gasteiger partial charge on any atom is -0.324 e. The van der Waals surface area contributed by atoms with Crippen LogP contribution in [0.1, 0.15) is 24.4 Å². The Bertz CT molecular complexity index is 303. The van der Waals surface area contributed by atoms with Gasteiger partial charge < -0.3 is 5.73 Å². The van der Waals surface area contributed by atoms with Gasteiger partial charge in [-0.15, -0.1) is 6.58 Å². The summed E-state index contributed by atoms with van der Waals surface area (Å²) in [6.45, 7) is 3.65. The lowest BCUT2D eigenvalue weighted by Crippen LogP contribution is -2.09. The lowest BCUT2D eigenvalue weighted by atomic mass is 10.0. The summed E-state index contributed by atoms with van der Waals surface area (Å²) >= 11 is 11.7. The van der Waals surface area contributed by atoms with Crippen LogP contribution in [0.5, 0.6) is 0 Å². The molecule has 0 aromatic heterocycles. The van der Waals surface area contributed by atoms with Crippen molar-refractivity contribution in [1.29, 1.82) is 0 Å². The largest absolute Gasteiger partial charge is 0.324 e. The highest BCUT2D eigenvalue weighted by atomic mass is 35.5. The molecule has 0 saturated carbocycles. The average molecular weight is 230 g/mol. The Hall–Kier alpha value is -0.500. The highest BCUT2D eigenvalue weighted by Gasteiger charge is 2.06. The molecular weight excluding hydrogens is 217 g/mol. The lowest BCUT2D eigenvalue weighted by molar-refractivity contribution is 0.661. The van der Waals surface area contributed by atoms with E-state index in [1.54, 1.807) is 6.07 Å². The smallest absolute Gasteiger partial charge is 0.0424 e. The summed E-state index contributed by atoms with van der Waals surface area (Å²) in [6, 6.07) is 5.37. The number of hydrogen-bond donors (Lipinski definition) is 1. The van der Waals surface area contributed by atoms with Gasteiger partial charge in [-0.3, -0.25) is 0 Å². The van der Waals surface area contributed by atoms with Crippen LogP contribution in [0.2, 0.25) is 10.0 Å². The van der Waals surface area contributed by atoms with Gasteiger partial charge >= 0.3 is 0 Å². The molecule has 0 aliphatic heterocycles. The molecule has 3 heteroatoms. The van der Waals surface area contributed by atoms with Gasteiger partial charge in [0.15, 0.2) is 0 Å². The van der Waals surface area contributed by atoms with Gasteiger partial charge in [0.1, 0.15) is 0 Å². The maximum Gasteiger partial charge on any atom is 0.0424 e. The first-order valence-electron chi connectivity index (χ1n) is 4.46. The molecule has 0 amide bonds. The Morgan fingerprint density at radius 3 is 2.36 bits per heavy atom. The summed E-state index contributed by atoms with van der Waals surface area (Å²) in [5, 5.41) is 1.25. The van der Waals surface area contributed by atoms with Crippen LogP contribution >= 0.6 is 23.2 Å². The van der Waals surface area contributed by atoms with Crippen LogP contribution in [0.25, 0.3) is 0 Å². The Labute approximate surface area is 94.5 Å². The van der Waals surface area contributed by atoms with Crippen LogP contribution in [0.3, 0.4) is 0 Å². The van der Waals surface area contributed by atoms with Crippen molar-refractivity contribution < 1.29 is 0 Å². The fourth-order valence-corrected chi connectivity index (χ4v) is 1.80. The molecule has 1 atom stereocenters. The van der Waals surface area contributed by atoms with E-state index in [0.717, 1.165) is 18.4 Å². The fourth-order valence-electron chi connectivity index (χ4n) is 1.25. The lowest BCUT2D eigenvalue weighted by Gasteiger charge is -2.11. The van der Waals surface area contributed by atoms with E-state index in [2.05, 4.69) is 6.58 Å². The first-order valence-corrected chi connectivity index (χ1v) is 5.21. The summed E-state index contributed by atoms with van der Waals surface area (Å²) in [7, 11) is 0. The van der Waals surface area contributed by atoms with Crippen LogP contribution in [-0.2, 0) is 0 Å². The van der Waals surface area contributed by atoms with E-state index in [1.807, 2.05) is 18.2 Å². The third kappa shape index (κ3) is 3.33. The van der Waals surface area contributed by atoms with Crippen molar-refractivity contribution in [3.63, 3.8) is 0 Å². The zero-order chi connectivity index (χ0) is 10.6. The molecule has 0 bridgehead atoms. The standard InChI is InChI=1S/C11H13Cl2N/c1-2-3-4-11(14)8-5-9(12)7-10(13)6-8/h2,5-7,11H,1,3-4,14H2. The van der Waals surface area contributed by atoms with Gasteiger partial charge in [-0.2, -0.15) is 0 Å². The highest BCUT2D eigenvalue weighted by molar-refractivity contribution is 6.34. The number of allylic oxidation sites excluding steroid dienone is 1. The van der Waals surface area contributed by atoms with E-state index in [0.29, 0.717) is 10.0 Å². The molecule has 76 valence electrons. The summed E-state index contributed by atoms with van der Waals surface area (Å²) < 4.78 is 0. The molecule has 1 aromatic rings. The minimum atomic E-state index is -0.0239. The molecule has 0 fully saturated rings. The van der Waals surface area contributed by atoms with Gasteiger partial charge in [0.25, 0.3) is 0 Å². The van der Waals surface area contributed by atoms with Crippen molar-refractivity contribution in [3.05, 3.63) is 46.5 Å². The predicted octanol–water partition coefficient (Wildman–Crippen LogP) is 3.96. The molecule has 0 saturated heterocycles. The highest BCUT2D eigenvalue weighted by Crippen LogP contribution is 2.24. The Kier molecular flexibility index (Phi) is 4.46. The first-order chi connectivity index (χ1) is 6.63. The van der Waals surface area contributed by atoms with Crippen LogP contribution in [0.15, 0.2) is 30.9 Å². The SMILES string of the molecule is C=CCCC(N)c1cc(Cl)cc(Cl)c1. The van der Waals surface area contributed by atoms with E-state index < -0.39 is 0 Å². The van der Waals surface area contributed by atoms with Gasteiger partial charge in [-0.25, -0.2) is 0 Å². The van der Waals surface area contributed by atoms with Gasteiger partial charge in [0, 0.05) is 16.1 Å². The Morgan fingerprint density at radius 1 is 1.29 bits per heavy atom.